The van der Waals surface area contributed by atoms with Crippen LogP contribution in [0.4, 0.5) is 0 Å². The average molecular weight is 259 g/mol. The van der Waals surface area contributed by atoms with Crippen molar-refractivity contribution in [1.82, 2.24) is 14.9 Å². The standard InChI is InChI=1S/C15H21N3O/c1-10(2)17-15(19)5-6-18-9-16-13-7-11(3)12(4)8-14(13)18/h7-10H,5-6H2,1-4H3,(H,17,19). The molecular formula is C15H21N3O. The Hall–Kier alpha value is -1.84. The first-order valence-corrected chi connectivity index (χ1v) is 6.69. The fourth-order valence-corrected chi connectivity index (χ4v) is 2.11. The van der Waals surface area contributed by atoms with Gasteiger partial charge in [-0.3, -0.25) is 4.79 Å². The molecule has 102 valence electrons. The molecule has 4 heteroatoms. The molecule has 4 nitrogen and oxygen atoms in total. The highest BCUT2D eigenvalue weighted by atomic mass is 16.1. The molecular weight excluding hydrogens is 238 g/mol. The second kappa shape index (κ2) is 5.43. The first-order chi connectivity index (χ1) is 8.97. The lowest BCUT2D eigenvalue weighted by Crippen LogP contribution is -2.30. The second-order valence-electron chi connectivity index (χ2n) is 5.34. The lowest BCUT2D eigenvalue weighted by Gasteiger charge is -2.09. The van der Waals surface area contributed by atoms with Gasteiger partial charge in [0.05, 0.1) is 17.4 Å². The first-order valence-electron chi connectivity index (χ1n) is 6.69. The van der Waals surface area contributed by atoms with Crippen LogP contribution >= 0.6 is 0 Å². The van der Waals surface area contributed by atoms with Crippen LogP contribution < -0.4 is 5.32 Å². The number of nitrogens with one attached hydrogen (secondary N) is 1. The van der Waals surface area contributed by atoms with Gasteiger partial charge in [0, 0.05) is 19.0 Å². The Labute approximate surface area is 113 Å². The predicted molar refractivity (Wildman–Crippen MR) is 77.1 cm³/mol. The summed E-state index contributed by atoms with van der Waals surface area (Å²) in [4.78, 5) is 16.1. The Morgan fingerprint density at radius 1 is 1.32 bits per heavy atom. The van der Waals surface area contributed by atoms with Crippen LogP contribution in [0.2, 0.25) is 0 Å². The van der Waals surface area contributed by atoms with E-state index in [4.69, 9.17) is 0 Å². The van der Waals surface area contributed by atoms with Gasteiger partial charge in [-0.25, -0.2) is 4.98 Å². The summed E-state index contributed by atoms with van der Waals surface area (Å²) >= 11 is 0. The molecule has 0 radical (unpaired) electrons. The molecule has 2 aromatic rings. The summed E-state index contributed by atoms with van der Waals surface area (Å²) in [6.07, 6.45) is 2.29. The van der Waals surface area contributed by atoms with Gasteiger partial charge < -0.3 is 9.88 Å². The summed E-state index contributed by atoms with van der Waals surface area (Å²) in [6.45, 7) is 8.78. The number of hydrogen-bond acceptors (Lipinski definition) is 2. The Balaban J connectivity index is 2.13. The van der Waals surface area contributed by atoms with Crippen molar-refractivity contribution in [1.29, 1.82) is 0 Å². The summed E-state index contributed by atoms with van der Waals surface area (Å²) < 4.78 is 2.04. The lowest BCUT2D eigenvalue weighted by molar-refractivity contribution is -0.121. The van der Waals surface area contributed by atoms with E-state index in [9.17, 15) is 4.79 Å². The molecule has 0 spiro atoms. The zero-order chi connectivity index (χ0) is 14.0. The first kappa shape index (κ1) is 13.6. The van der Waals surface area contributed by atoms with Crippen LogP contribution in [0.1, 0.15) is 31.4 Å². The smallest absolute Gasteiger partial charge is 0.221 e. The summed E-state index contributed by atoms with van der Waals surface area (Å²) in [5.74, 6) is 0.0840. The summed E-state index contributed by atoms with van der Waals surface area (Å²) in [5, 5.41) is 2.90. The number of carbonyl (C=O) groups is 1. The lowest BCUT2D eigenvalue weighted by atomic mass is 10.1. The number of fused-ring (bicyclic) bond motifs is 1. The van der Waals surface area contributed by atoms with Gasteiger partial charge in [0.25, 0.3) is 0 Å². The van der Waals surface area contributed by atoms with E-state index in [-0.39, 0.29) is 11.9 Å². The molecule has 0 aliphatic rings. The van der Waals surface area contributed by atoms with E-state index in [2.05, 4.69) is 36.3 Å². The van der Waals surface area contributed by atoms with Crippen molar-refractivity contribution < 1.29 is 4.79 Å². The maximum absolute atomic E-state index is 11.7. The number of benzene rings is 1. The molecule has 0 fully saturated rings. The molecule has 0 aliphatic carbocycles. The van der Waals surface area contributed by atoms with E-state index in [1.165, 1.54) is 11.1 Å². The molecule has 19 heavy (non-hydrogen) atoms. The summed E-state index contributed by atoms with van der Waals surface area (Å²) in [6, 6.07) is 4.42. The third-order valence-corrected chi connectivity index (χ3v) is 3.27. The van der Waals surface area contributed by atoms with Crippen LogP contribution in [0.3, 0.4) is 0 Å². The van der Waals surface area contributed by atoms with Crippen molar-refractivity contribution in [3.05, 3.63) is 29.6 Å². The maximum atomic E-state index is 11.7. The van der Waals surface area contributed by atoms with Crippen LogP contribution in [-0.4, -0.2) is 21.5 Å². The number of nitrogens with zero attached hydrogens (tertiary/aromatic N) is 2. The SMILES string of the molecule is Cc1cc2ncn(CCC(=O)NC(C)C)c2cc1C. The fourth-order valence-electron chi connectivity index (χ4n) is 2.11. The van der Waals surface area contributed by atoms with Gasteiger partial charge >= 0.3 is 0 Å². The minimum Gasteiger partial charge on any atom is -0.354 e. The highest BCUT2D eigenvalue weighted by Gasteiger charge is 2.07. The third kappa shape index (κ3) is 3.13. The van der Waals surface area contributed by atoms with Crippen molar-refractivity contribution in [3.8, 4) is 0 Å². The number of hydrogen-bond donors (Lipinski definition) is 1. The Bertz CT molecular complexity index is 599. The van der Waals surface area contributed by atoms with Crippen LogP contribution in [0.5, 0.6) is 0 Å². The molecule has 0 bridgehead atoms. The quantitative estimate of drug-likeness (QED) is 0.917. The van der Waals surface area contributed by atoms with Crippen LogP contribution in [-0.2, 0) is 11.3 Å². The molecule has 2 rings (SSSR count). The maximum Gasteiger partial charge on any atom is 0.221 e. The van der Waals surface area contributed by atoms with Gasteiger partial charge in [-0.2, -0.15) is 0 Å². The number of aromatic nitrogens is 2. The van der Waals surface area contributed by atoms with Crippen LogP contribution in [0.15, 0.2) is 18.5 Å². The minimum atomic E-state index is 0.0840. The number of rotatable bonds is 4. The van der Waals surface area contributed by atoms with E-state index in [1.807, 2.05) is 24.7 Å². The summed E-state index contributed by atoms with van der Waals surface area (Å²) in [7, 11) is 0. The topological polar surface area (TPSA) is 46.9 Å². The minimum absolute atomic E-state index is 0.0840. The summed E-state index contributed by atoms with van der Waals surface area (Å²) in [5.41, 5.74) is 4.59. The molecule has 0 saturated carbocycles. The number of imidazole rings is 1. The monoisotopic (exact) mass is 259 g/mol. The molecule has 1 aromatic carbocycles. The van der Waals surface area contributed by atoms with Gasteiger partial charge in [0.2, 0.25) is 5.91 Å². The third-order valence-electron chi connectivity index (χ3n) is 3.27. The van der Waals surface area contributed by atoms with Crippen molar-refractivity contribution >= 4 is 16.9 Å². The normalized spacial score (nSPS) is 11.2. The molecule has 1 aromatic heterocycles. The average Bonchev–Trinajstić information content (AvgIpc) is 2.69. The largest absolute Gasteiger partial charge is 0.354 e. The molecule has 0 unspecified atom stereocenters. The number of aryl methyl sites for hydroxylation is 3. The van der Waals surface area contributed by atoms with Crippen molar-refractivity contribution in [3.63, 3.8) is 0 Å². The van der Waals surface area contributed by atoms with Gasteiger partial charge in [-0.05, 0) is 51.0 Å². The van der Waals surface area contributed by atoms with E-state index in [0.717, 1.165) is 11.0 Å². The van der Waals surface area contributed by atoms with Crippen LogP contribution in [0.25, 0.3) is 11.0 Å². The molecule has 0 aliphatic heterocycles. The molecule has 1 amide bonds. The Kier molecular flexibility index (Phi) is 3.88. The zero-order valence-corrected chi connectivity index (χ0v) is 12.0. The molecule has 0 atom stereocenters. The van der Waals surface area contributed by atoms with Crippen LogP contribution in [0, 0.1) is 13.8 Å². The van der Waals surface area contributed by atoms with Gasteiger partial charge in [-0.1, -0.05) is 0 Å². The second-order valence-corrected chi connectivity index (χ2v) is 5.34. The molecule has 1 heterocycles. The molecule has 0 saturated heterocycles. The highest BCUT2D eigenvalue weighted by molar-refractivity contribution is 5.78. The molecule has 1 N–H and O–H groups in total. The van der Waals surface area contributed by atoms with E-state index >= 15 is 0 Å². The highest BCUT2D eigenvalue weighted by Crippen LogP contribution is 2.18. The van der Waals surface area contributed by atoms with Crippen molar-refractivity contribution in [2.45, 2.75) is 46.7 Å². The number of carbonyl (C=O) groups excluding carboxylic acids is 1. The van der Waals surface area contributed by atoms with E-state index < -0.39 is 0 Å². The predicted octanol–water partition coefficient (Wildman–Crippen LogP) is 2.57. The van der Waals surface area contributed by atoms with Gasteiger partial charge in [0.15, 0.2) is 0 Å². The number of amides is 1. The van der Waals surface area contributed by atoms with Crippen molar-refractivity contribution in [2.75, 3.05) is 0 Å². The van der Waals surface area contributed by atoms with E-state index in [0.29, 0.717) is 13.0 Å². The Morgan fingerprint density at radius 3 is 2.68 bits per heavy atom. The van der Waals surface area contributed by atoms with E-state index in [1.54, 1.807) is 0 Å². The fraction of sp³-hybridized carbons (Fsp3) is 0.467. The van der Waals surface area contributed by atoms with Gasteiger partial charge in [0.1, 0.15) is 0 Å². The van der Waals surface area contributed by atoms with Crippen molar-refractivity contribution in [2.24, 2.45) is 0 Å². The van der Waals surface area contributed by atoms with Gasteiger partial charge in [-0.15, -0.1) is 0 Å². The Morgan fingerprint density at radius 2 is 2.00 bits per heavy atom. The zero-order valence-electron chi connectivity index (χ0n) is 12.0.